The Morgan fingerprint density at radius 3 is 1.30 bits per heavy atom. The second-order valence-electron chi connectivity index (χ2n) is 4.12. The van der Waals surface area contributed by atoms with Crippen molar-refractivity contribution in [3.05, 3.63) is 62.2 Å². The number of rotatable bonds is 2. The van der Waals surface area contributed by atoms with Crippen LogP contribution in [0.1, 0.15) is 20.7 Å². The third-order valence-corrected chi connectivity index (χ3v) is 9.44. The number of hydrogen-bond acceptors (Lipinski definition) is 3. The standard InChI is InChI=1S/C14H4Br6O3/c15-7-3-1-5(9(17)11(7)19)13(21)23-14(22)6-2-4-8(16)12(20)10(6)18/h1-4H. The maximum atomic E-state index is 12.2. The molecule has 0 spiro atoms. The molecule has 2 rings (SSSR count). The van der Waals surface area contributed by atoms with E-state index in [4.69, 9.17) is 4.74 Å². The first kappa shape index (κ1) is 19.8. The van der Waals surface area contributed by atoms with E-state index in [2.05, 4.69) is 95.6 Å². The van der Waals surface area contributed by atoms with Crippen LogP contribution in [0.4, 0.5) is 0 Å². The molecule has 9 heteroatoms. The molecular weight excluding hydrogens is 696 g/mol. The minimum absolute atomic E-state index is 0.237. The molecule has 0 saturated heterocycles. The number of hydrogen-bond donors (Lipinski definition) is 0. The molecule has 0 N–H and O–H groups in total. The summed E-state index contributed by atoms with van der Waals surface area (Å²) in [6.45, 7) is 0. The van der Waals surface area contributed by atoms with E-state index in [1.807, 2.05) is 0 Å². The van der Waals surface area contributed by atoms with Crippen molar-refractivity contribution < 1.29 is 14.3 Å². The lowest BCUT2D eigenvalue weighted by molar-refractivity contribution is 0.0396. The van der Waals surface area contributed by atoms with E-state index in [0.717, 1.165) is 8.95 Å². The topological polar surface area (TPSA) is 43.4 Å². The molecule has 0 aliphatic rings. The van der Waals surface area contributed by atoms with Crippen molar-refractivity contribution in [1.29, 1.82) is 0 Å². The molecule has 0 aliphatic heterocycles. The summed E-state index contributed by atoms with van der Waals surface area (Å²) in [5.74, 6) is -1.50. The molecule has 0 atom stereocenters. The van der Waals surface area contributed by atoms with Crippen LogP contribution in [0.3, 0.4) is 0 Å². The predicted molar refractivity (Wildman–Crippen MR) is 109 cm³/mol. The van der Waals surface area contributed by atoms with Crippen LogP contribution in [-0.4, -0.2) is 11.9 Å². The average molecular weight is 700 g/mol. The monoisotopic (exact) mass is 694 g/mol. The van der Waals surface area contributed by atoms with Gasteiger partial charge >= 0.3 is 11.9 Å². The summed E-state index contributed by atoms with van der Waals surface area (Å²) in [4.78, 5) is 24.5. The normalized spacial score (nSPS) is 10.5. The highest BCUT2D eigenvalue weighted by molar-refractivity contribution is 9.15. The SMILES string of the molecule is O=C(OC(=O)c1ccc(Br)c(Br)c1Br)c1ccc(Br)c(Br)c1Br. The predicted octanol–water partition coefficient (Wildman–Crippen LogP) is 7.26. The van der Waals surface area contributed by atoms with Gasteiger partial charge in [0.25, 0.3) is 0 Å². The first-order chi connectivity index (χ1) is 10.7. The highest BCUT2D eigenvalue weighted by atomic mass is 79.9. The lowest BCUT2D eigenvalue weighted by atomic mass is 10.2. The van der Waals surface area contributed by atoms with Crippen molar-refractivity contribution >= 4 is 108 Å². The van der Waals surface area contributed by atoms with Crippen LogP contribution in [0.2, 0.25) is 0 Å². The molecule has 0 saturated carbocycles. The molecule has 0 amide bonds. The minimum Gasteiger partial charge on any atom is -0.386 e. The van der Waals surface area contributed by atoms with Gasteiger partial charge in [-0.1, -0.05) is 0 Å². The van der Waals surface area contributed by atoms with Crippen LogP contribution in [0.5, 0.6) is 0 Å². The summed E-state index contributed by atoms with van der Waals surface area (Å²) in [6.07, 6.45) is 0. The van der Waals surface area contributed by atoms with Crippen LogP contribution in [0.15, 0.2) is 51.1 Å². The largest absolute Gasteiger partial charge is 0.386 e. The smallest absolute Gasteiger partial charge is 0.347 e. The fourth-order valence-corrected chi connectivity index (χ4v) is 4.46. The van der Waals surface area contributed by atoms with Crippen LogP contribution in [-0.2, 0) is 4.74 Å². The molecule has 0 aromatic heterocycles. The lowest BCUT2D eigenvalue weighted by Crippen LogP contribution is -2.14. The van der Waals surface area contributed by atoms with Gasteiger partial charge in [0.1, 0.15) is 0 Å². The molecule has 0 unspecified atom stereocenters. The zero-order valence-corrected chi connectivity index (χ0v) is 20.3. The van der Waals surface area contributed by atoms with Gasteiger partial charge in [-0.25, -0.2) is 9.59 Å². The van der Waals surface area contributed by atoms with Gasteiger partial charge in [0, 0.05) is 26.8 Å². The first-order valence-electron chi connectivity index (χ1n) is 5.77. The summed E-state index contributed by atoms with van der Waals surface area (Å²) >= 11 is 19.9. The van der Waals surface area contributed by atoms with Gasteiger partial charge in [-0.2, -0.15) is 0 Å². The van der Waals surface area contributed by atoms with E-state index in [9.17, 15) is 9.59 Å². The Morgan fingerprint density at radius 1 is 0.609 bits per heavy atom. The van der Waals surface area contributed by atoms with Crippen molar-refractivity contribution in [3.63, 3.8) is 0 Å². The fraction of sp³-hybridized carbons (Fsp3) is 0. The average Bonchev–Trinajstić information content (AvgIpc) is 2.50. The Hall–Kier alpha value is 0.460. The van der Waals surface area contributed by atoms with Gasteiger partial charge in [-0.05, 0) is 120 Å². The first-order valence-corrected chi connectivity index (χ1v) is 10.5. The fourth-order valence-electron chi connectivity index (χ4n) is 1.56. The highest BCUT2D eigenvalue weighted by Crippen LogP contribution is 2.35. The molecule has 23 heavy (non-hydrogen) atoms. The van der Waals surface area contributed by atoms with E-state index in [-0.39, 0.29) is 11.1 Å². The van der Waals surface area contributed by atoms with E-state index >= 15 is 0 Å². The summed E-state index contributed by atoms with van der Waals surface area (Å²) in [7, 11) is 0. The van der Waals surface area contributed by atoms with Crippen molar-refractivity contribution in [2.75, 3.05) is 0 Å². The molecule has 0 bridgehead atoms. The van der Waals surface area contributed by atoms with Gasteiger partial charge in [0.15, 0.2) is 0 Å². The Kier molecular flexibility index (Phi) is 7.07. The van der Waals surface area contributed by atoms with E-state index < -0.39 is 11.9 Å². The Morgan fingerprint density at radius 2 is 0.957 bits per heavy atom. The third-order valence-electron chi connectivity index (χ3n) is 2.70. The Bertz CT molecular complexity index is 751. The number of benzene rings is 2. The molecule has 2 aromatic carbocycles. The summed E-state index contributed by atoms with van der Waals surface area (Å²) in [6, 6.07) is 6.48. The molecule has 120 valence electrons. The lowest BCUT2D eigenvalue weighted by Gasteiger charge is -2.09. The third kappa shape index (κ3) is 4.36. The summed E-state index contributed by atoms with van der Waals surface area (Å²) < 4.78 is 8.82. The van der Waals surface area contributed by atoms with Crippen LogP contribution < -0.4 is 0 Å². The molecule has 0 fully saturated rings. The quantitative estimate of drug-likeness (QED) is 0.189. The van der Waals surface area contributed by atoms with Crippen LogP contribution in [0.25, 0.3) is 0 Å². The van der Waals surface area contributed by atoms with E-state index in [1.165, 1.54) is 0 Å². The number of halogens is 6. The molecule has 0 heterocycles. The van der Waals surface area contributed by atoms with Gasteiger partial charge in [-0.3, -0.25) is 0 Å². The highest BCUT2D eigenvalue weighted by Gasteiger charge is 2.22. The van der Waals surface area contributed by atoms with Crippen molar-refractivity contribution in [2.45, 2.75) is 0 Å². The molecule has 3 nitrogen and oxygen atoms in total. The molecular formula is C14H4Br6O3. The van der Waals surface area contributed by atoms with Gasteiger partial charge in [0.05, 0.1) is 11.1 Å². The number of carbonyl (C=O) groups is 2. The molecule has 2 aromatic rings. The summed E-state index contributed by atoms with van der Waals surface area (Å²) in [5, 5.41) is 0. The Labute approximate surface area is 182 Å². The second-order valence-corrected chi connectivity index (χ2v) is 9.00. The van der Waals surface area contributed by atoms with Gasteiger partial charge < -0.3 is 4.74 Å². The van der Waals surface area contributed by atoms with Crippen molar-refractivity contribution in [1.82, 2.24) is 0 Å². The van der Waals surface area contributed by atoms with E-state index in [1.54, 1.807) is 24.3 Å². The molecule has 0 aliphatic carbocycles. The van der Waals surface area contributed by atoms with Crippen molar-refractivity contribution in [3.8, 4) is 0 Å². The van der Waals surface area contributed by atoms with E-state index in [0.29, 0.717) is 17.9 Å². The van der Waals surface area contributed by atoms with Gasteiger partial charge in [-0.15, -0.1) is 0 Å². The zero-order valence-electron chi connectivity index (χ0n) is 10.8. The zero-order chi connectivity index (χ0) is 17.3. The maximum absolute atomic E-state index is 12.2. The van der Waals surface area contributed by atoms with Crippen molar-refractivity contribution in [2.24, 2.45) is 0 Å². The maximum Gasteiger partial charge on any atom is 0.347 e. The summed E-state index contributed by atoms with van der Waals surface area (Å²) in [5.41, 5.74) is 0.474. The van der Waals surface area contributed by atoms with Gasteiger partial charge in [0.2, 0.25) is 0 Å². The van der Waals surface area contributed by atoms with Crippen LogP contribution in [0, 0.1) is 0 Å². The second kappa shape index (κ2) is 8.23. The number of ether oxygens (including phenoxy) is 1. The Balaban J connectivity index is 2.29. The minimum atomic E-state index is -0.749. The molecule has 0 radical (unpaired) electrons. The van der Waals surface area contributed by atoms with Crippen LogP contribution >= 0.6 is 95.6 Å². The number of carbonyl (C=O) groups excluding carboxylic acids is 2. The number of esters is 2.